The lowest BCUT2D eigenvalue weighted by Crippen LogP contribution is -2.16. The van der Waals surface area contributed by atoms with Crippen LogP contribution in [0.2, 0.25) is 0 Å². The molecule has 1 atom stereocenters. The SMILES string of the molecule is CCCCC(CC)COC(=O)CC(=O)c1c[nH]c2ccccc12. The van der Waals surface area contributed by atoms with Gasteiger partial charge in [0.15, 0.2) is 5.78 Å². The van der Waals surface area contributed by atoms with Crippen molar-refractivity contribution in [3.05, 3.63) is 36.0 Å². The van der Waals surface area contributed by atoms with Crippen LogP contribution < -0.4 is 0 Å². The Morgan fingerprint density at radius 1 is 1.22 bits per heavy atom. The van der Waals surface area contributed by atoms with Gasteiger partial charge in [0.2, 0.25) is 0 Å². The summed E-state index contributed by atoms with van der Waals surface area (Å²) in [6, 6.07) is 7.57. The van der Waals surface area contributed by atoms with Crippen LogP contribution in [0.1, 0.15) is 56.3 Å². The fraction of sp³-hybridized carbons (Fsp3) is 0.474. The standard InChI is InChI=1S/C19H25NO3/c1-3-5-8-14(4-2)13-23-19(22)11-18(21)16-12-20-17-10-7-6-9-15(16)17/h6-7,9-10,12,14,20H,3-5,8,11,13H2,1-2H3. The lowest BCUT2D eigenvalue weighted by molar-refractivity contribution is -0.144. The number of carbonyl (C=O) groups is 2. The highest BCUT2D eigenvalue weighted by Crippen LogP contribution is 2.19. The maximum Gasteiger partial charge on any atom is 0.313 e. The normalized spacial score (nSPS) is 12.3. The molecular weight excluding hydrogens is 290 g/mol. The number of para-hydroxylation sites is 1. The first-order chi connectivity index (χ1) is 11.2. The van der Waals surface area contributed by atoms with Crippen LogP contribution in [0.15, 0.2) is 30.5 Å². The van der Waals surface area contributed by atoms with E-state index in [1.54, 1.807) is 6.20 Å². The van der Waals surface area contributed by atoms with Crippen LogP contribution in [0, 0.1) is 5.92 Å². The number of benzene rings is 1. The Morgan fingerprint density at radius 3 is 2.74 bits per heavy atom. The summed E-state index contributed by atoms with van der Waals surface area (Å²) < 4.78 is 5.30. The van der Waals surface area contributed by atoms with E-state index in [1.165, 1.54) is 0 Å². The molecule has 0 aliphatic carbocycles. The number of esters is 1. The van der Waals surface area contributed by atoms with E-state index in [9.17, 15) is 9.59 Å². The van der Waals surface area contributed by atoms with Crippen molar-refractivity contribution in [3.63, 3.8) is 0 Å². The zero-order chi connectivity index (χ0) is 16.7. The van der Waals surface area contributed by atoms with Gasteiger partial charge in [0, 0.05) is 22.7 Å². The van der Waals surface area contributed by atoms with Crippen LogP contribution >= 0.6 is 0 Å². The predicted molar refractivity (Wildman–Crippen MR) is 91.5 cm³/mol. The minimum absolute atomic E-state index is 0.200. The van der Waals surface area contributed by atoms with Crippen molar-refractivity contribution >= 4 is 22.7 Å². The van der Waals surface area contributed by atoms with Crippen molar-refractivity contribution in [2.24, 2.45) is 5.92 Å². The Bertz CT molecular complexity index is 659. The predicted octanol–water partition coefficient (Wildman–Crippen LogP) is 4.50. The molecule has 23 heavy (non-hydrogen) atoms. The zero-order valence-corrected chi connectivity index (χ0v) is 13.9. The maximum absolute atomic E-state index is 12.3. The van der Waals surface area contributed by atoms with Crippen LogP contribution in [-0.4, -0.2) is 23.3 Å². The monoisotopic (exact) mass is 315 g/mol. The average Bonchev–Trinajstić information content (AvgIpc) is 2.99. The van der Waals surface area contributed by atoms with Crippen molar-refractivity contribution in [2.45, 2.75) is 46.0 Å². The number of hydrogen-bond acceptors (Lipinski definition) is 3. The van der Waals surface area contributed by atoms with Gasteiger partial charge in [-0.05, 0) is 18.4 Å². The number of ketones is 1. The first kappa shape index (κ1) is 17.3. The van der Waals surface area contributed by atoms with Crippen molar-refractivity contribution in [1.82, 2.24) is 4.98 Å². The van der Waals surface area contributed by atoms with E-state index in [4.69, 9.17) is 4.74 Å². The molecule has 0 saturated carbocycles. The van der Waals surface area contributed by atoms with Crippen LogP contribution in [0.25, 0.3) is 10.9 Å². The lowest BCUT2D eigenvalue weighted by Gasteiger charge is -2.14. The van der Waals surface area contributed by atoms with Crippen LogP contribution in [-0.2, 0) is 9.53 Å². The van der Waals surface area contributed by atoms with E-state index in [2.05, 4.69) is 18.8 Å². The molecule has 0 spiro atoms. The summed E-state index contributed by atoms with van der Waals surface area (Å²) in [5.41, 5.74) is 1.45. The molecule has 2 rings (SSSR count). The number of fused-ring (bicyclic) bond motifs is 1. The average molecular weight is 315 g/mol. The third-order valence-electron chi connectivity index (χ3n) is 4.22. The van der Waals surface area contributed by atoms with Gasteiger partial charge >= 0.3 is 5.97 Å². The number of unbranched alkanes of at least 4 members (excludes halogenated alkanes) is 1. The van der Waals surface area contributed by atoms with Gasteiger partial charge in [0.1, 0.15) is 6.42 Å². The van der Waals surface area contributed by atoms with Crippen molar-refractivity contribution in [3.8, 4) is 0 Å². The molecule has 4 nitrogen and oxygen atoms in total. The highest BCUT2D eigenvalue weighted by Gasteiger charge is 2.17. The summed E-state index contributed by atoms with van der Waals surface area (Å²) in [6.07, 6.45) is 5.80. The second kappa shape index (κ2) is 8.51. The Hall–Kier alpha value is -2.10. The molecule has 0 aliphatic heterocycles. The molecule has 124 valence electrons. The van der Waals surface area contributed by atoms with Crippen molar-refractivity contribution < 1.29 is 14.3 Å². The van der Waals surface area contributed by atoms with E-state index in [0.717, 1.165) is 36.6 Å². The molecule has 0 fully saturated rings. The van der Waals surface area contributed by atoms with E-state index < -0.39 is 5.97 Å². The maximum atomic E-state index is 12.3. The number of aromatic nitrogens is 1. The van der Waals surface area contributed by atoms with Gasteiger partial charge in [-0.1, -0.05) is 51.3 Å². The zero-order valence-electron chi connectivity index (χ0n) is 13.9. The van der Waals surface area contributed by atoms with Crippen molar-refractivity contribution in [1.29, 1.82) is 0 Å². The Kier molecular flexibility index (Phi) is 6.39. The fourth-order valence-electron chi connectivity index (χ4n) is 2.69. The Labute approximate surface area is 137 Å². The number of carbonyl (C=O) groups excluding carboxylic acids is 2. The molecule has 1 unspecified atom stereocenters. The van der Waals surface area contributed by atoms with Crippen LogP contribution in [0.5, 0.6) is 0 Å². The minimum atomic E-state index is -0.435. The number of rotatable bonds is 9. The molecule has 1 aromatic heterocycles. The van der Waals surface area contributed by atoms with Gasteiger partial charge in [-0.15, -0.1) is 0 Å². The topological polar surface area (TPSA) is 59.2 Å². The van der Waals surface area contributed by atoms with E-state index >= 15 is 0 Å². The van der Waals surface area contributed by atoms with Gasteiger partial charge in [-0.2, -0.15) is 0 Å². The summed E-state index contributed by atoms with van der Waals surface area (Å²) in [7, 11) is 0. The number of aromatic amines is 1. The number of hydrogen-bond donors (Lipinski definition) is 1. The second-order valence-electron chi connectivity index (χ2n) is 5.95. The first-order valence-corrected chi connectivity index (χ1v) is 8.40. The first-order valence-electron chi connectivity index (χ1n) is 8.40. The van der Waals surface area contributed by atoms with Crippen LogP contribution in [0.4, 0.5) is 0 Å². The molecule has 0 amide bonds. The summed E-state index contributed by atoms with van der Waals surface area (Å²) in [4.78, 5) is 27.3. The van der Waals surface area contributed by atoms with E-state index in [1.807, 2.05) is 24.3 Å². The number of nitrogens with one attached hydrogen (secondary N) is 1. The summed E-state index contributed by atoms with van der Waals surface area (Å²) >= 11 is 0. The van der Waals surface area contributed by atoms with E-state index in [-0.39, 0.29) is 12.2 Å². The summed E-state index contributed by atoms with van der Waals surface area (Å²) in [5.74, 6) is -0.244. The molecule has 2 aromatic rings. The van der Waals surface area contributed by atoms with Crippen LogP contribution in [0.3, 0.4) is 0 Å². The number of H-pyrrole nitrogens is 1. The van der Waals surface area contributed by atoms with Crippen molar-refractivity contribution in [2.75, 3.05) is 6.61 Å². The quantitative estimate of drug-likeness (QED) is 0.421. The third kappa shape index (κ3) is 4.68. The van der Waals surface area contributed by atoms with Gasteiger partial charge in [-0.25, -0.2) is 0 Å². The second-order valence-corrected chi connectivity index (χ2v) is 5.95. The highest BCUT2D eigenvalue weighted by molar-refractivity contribution is 6.13. The summed E-state index contributed by atoms with van der Waals surface area (Å²) in [6.45, 7) is 4.67. The smallest absolute Gasteiger partial charge is 0.313 e. The highest BCUT2D eigenvalue weighted by atomic mass is 16.5. The Balaban J connectivity index is 1.88. The van der Waals surface area contributed by atoms with E-state index in [0.29, 0.717) is 18.1 Å². The number of ether oxygens (including phenoxy) is 1. The van der Waals surface area contributed by atoms with Gasteiger partial charge in [0.05, 0.1) is 6.61 Å². The third-order valence-corrected chi connectivity index (χ3v) is 4.22. The molecule has 1 heterocycles. The molecule has 1 aromatic carbocycles. The molecular formula is C19H25NO3. The molecule has 0 saturated heterocycles. The van der Waals surface area contributed by atoms with Gasteiger partial charge in [0.25, 0.3) is 0 Å². The fourth-order valence-corrected chi connectivity index (χ4v) is 2.69. The lowest BCUT2D eigenvalue weighted by atomic mass is 10.0. The minimum Gasteiger partial charge on any atom is -0.465 e. The molecule has 0 aliphatic rings. The molecule has 0 radical (unpaired) electrons. The molecule has 0 bridgehead atoms. The van der Waals surface area contributed by atoms with Gasteiger partial charge in [-0.3, -0.25) is 9.59 Å². The summed E-state index contributed by atoms with van der Waals surface area (Å²) in [5, 5.41) is 0.847. The molecule has 4 heteroatoms. The number of Topliss-reactive ketones (excluding diaryl/α,β-unsaturated/α-hetero) is 1. The van der Waals surface area contributed by atoms with Gasteiger partial charge < -0.3 is 9.72 Å². The largest absolute Gasteiger partial charge is 0.465 e. The molecule has 1 N–H and O–H groups in total. The Morgan fingerprint density at radius 2 is 2.00 bits per heavy atom.